The first-order chi connectivity index (χ1) is 25.1. The van der Waals surface area contributed by atoms with Crippen molar-refractivity contribution >= 4 is 55.4 Å². The molecule has 2 aromatic rings. The number of rotatable bonds is 19. The number of aromatic nitrogens is 1. The molecule has 4 amide bonds. The maximum atomic E-state index is 13.5. The molecule has 0 aliphatic rings. The number of benzene rings is 1. The number of carbonyl (C=O) groups excluding carboxylic acids is 6. The van der Waals surface area contributed by atoms with Crippen molar-refractivity contribution in [3.05, 3.63) is 40.9 Å². The maximum absolute atomic E-state index is 13.5. The zero-order valence-electron chi connectivity index (χ0n) is 33.1. The summed E-state index contributed by atoms with van der Waals surface area (Å²) in [6, 6.07) is 4.91. The highest BCUT2D eigenvalue weighted by molar-refractivity contribution is 7.13. The van der Waals surface area contributed by atoms with Gasteiger partial charge < -0.3 is 39.9 Å². The van der Waals surface area contributed by atoms with Crippen molar-refractivity contribution in [2.45, 2.75) is 117 Å². The van der Waals surface area contributed by atoms with Crippen LogP contribution in [0.15, 0.2) is 29.6 Å². The third-order valence-corrected chi connectivity index (χ3v) is 13.9. The number of esters is 2. The molecule has 0 saturated heterocycles. The molecule has 1 aromatic heterocycles. The molecule has 4 N–H and O–H groups in total. The lowest BCUT2D eigenvalue weighted by atomic mass is 10.1. The van der Waals surface area contributed by atoms with E-state index in [-0.39, 0.29) is 23.2 Å². The van der Waals surface area contributed by atoms with Gasteiger partial charge in [0.2, 0.25) is 11.8 Å². The Morgan fingerprint density at radius 1 is 0.870 bits per heavy atom. The van der Waals surface area contributed by atoms with Gasteiger partial charge in [-0.1, -0.05) is 51.5 Å². The molecule has 0 bridgehead atoms. The molecule has 0 aliphatic carbocycles. The SMILES string of the molecule is COC(=O)[C@H](COC(C)=O)NC(=O)[C@H](CO[Si](C)(C)C(C)(C)C)NC(=O)c1csc(-c2ccc(CNC(=O)CCCCCNC(=O)OC(C)(C)C)cc2)n1. The number of ether oxygens (including phenoxy) is 3. The van der Waals surface area contributed by atoms with Gasteiger partial charge >= 0.3 is 18.0 Å². The monoisotopic (exact) mass is 791 g/mol. The number of methoxy groups -OCH3 is 1. The van der Waals surface area contributed by atoms with Gasteiger partial charge in [0.25, 0.3) is 5.91 Å². The van der Waals surface area contributed by atoms with E-state index >= 15 is 0 Å². The fourth-order valence-electron chi connectivity index (χ4n) is 4.36. The molecule has 1 aromatic carbocycles. The van der Waals surface area contributed by atoms with Gasteiger partial charge in [0.05, 0.1) is 13.7 Å². The first-order valence-electron chi connectivity index (χ1n) is 17.9. The van der Waals surface area contributed by atoms with Crippen LogP contribution in [0.3, 0.4) is 0 Å². The summed E-state index contributed by atoms with van der Waals surface area (Å²) >= 11 is 1.25. The Bertz CT molecular complexity index is 1580. The molecule has 300 valence electrons. The van der Waals surface area contributed by atoms with Crippen molar-refractivity contribution in [3.63, 3.8) is 0 Å². The van der Waals surface area contributed by atoms with E-state index in [1.54, 1.807) is 26.2 Å². The molecular formula is C37H57N5O10SSi. The van der Waals surface area contributed by atoms with Crippen LogP contribution in [0.25, 0.3) is 10.6 Å². The summed E-state index contributed by atoms with van der Waals surface area (Å²) in [7, 11) is -1.22. The Balaban J connectivity index is 1.99. The Morgan fingerprint density at radius 3 is 2.13 bits per heavy atom. The van der Waals surface area contributed by atoms with Gasteiger partial charge in [-0.2, -0.15) is 0 Å². The van der Waals surface area contributed by atoms with Crippen LogP contribution in [0, 0.1) is 0 Å². The average Bonchev–Trinajstić information content (AvgIpc) is 3.58. The normalized spacial score (nSPS) is 12.9. The summed E-state index contributed by atoms with van der Waals surface area (Å²) < 4.78 is 21.1. The van der Waals surface area contributed by atoms with E-state index in [0.29, 0.717) is 30.9 Å². The predicted molar refractivity (Wildman–Crippen MR) is 207 cm³/mol. The van der Waals surface area contributed by atoms with Crippen molar-refractivity contribution < 1.29 is 47.4 Å². The van der Waals surface area contributed by atoms with Crippen LogP contribution in [-0.4, -0.2) is 93.6 Å². The van der Waals surface area contributed by atoms with Gasteiger partial charge in [-0.15, -0.1) is 11.3 Å². The molecule has 0 unspecified atom stereocenters. The molecule has 0 spiro atoms. The number of carbonyl (C=O) groups is 6. The van der Waals surface area contributed by atoms with E-state index in [1.807, 2.05) is 58.1 Å². The van der Waals surface area contributed by atoms with Crippen molar-refractivity contribution in [3.8, 4) is 10.6 Å². The number of alkyl carbamates (subject to hydrolysis) is 1. The first-order valence-corrected chi connectivity index (χ1v) is 21.7. The van der Waals surface area contributed by atoms with E-state index in [0.717, 1.165) is 31.1 Å². The smallest absolute Gasteiger partial charge is 0.407 e. The van der Waals surface area contributed by atoms with Crippen LogP contribution in [0.1, 0.15) is 90.2 Å². The van der Waals surface area contributed by atoms with Crippen molar-refractivity contribution in [1.82, 2.24) is 26.3 Å². The van der Waals surface area contributed by atoms with Gasteiger partial charge in [0.1, 0.15) is 29.0 Å². The Morgan fingerprint density at radius 2 is 1.54 bits per heavy atom. The molecule has 1 heterocycles. The zero-order chi connectivity index (χ0) is 40.7. The number of thiazole rings is 1. The lowest BCUT2D eigenvalue weighted by Gasteiger charge is -2.37. The number of nitrogens with zero attached hydrogens (tertiary/aromatic N) is 1. The molecule has 0 saturated carbocycles. The lowest BCUT2D eigenvalue weighted by Crippen LogP contribution is -2.56. The summed E-state index contributed by atoms with van der Waals surface area (Å²) in [5.41, 5.74) is 1.19. The molecule has 17 heteroatoms. The molecule has 2 rings (SSSR count). The van der Waals surface area contributed by atoms with Crippen LogP contribution < -0.4 is 21.3 Å². The summed E-state index contributed by atoms with van der Waals surface area (Å²) in [6.07, 6.45) is 2.15. The number of amides is 4. The van der Waals surface area contributed by atoms with E-state index in [2.05, 4.69) is 26.3 Å². The highest BCUT2D eigenvalue weighted by Gasteiger charge is 2.39. The van der Waals surface area contributed by atoms with Crippen LogP contribution in [-0.2, 0) is 44.4 Å². The summed E-state index contributed by atoms with van der Waals surface area (Å²) in [6.45, 7) is 16.9. The summed E-state index contributed by atoms with van der Waals surface area (Å²) in [5.74, 6) is -2.88. The first kappa shape index (κ1) is 45.8. The number of unbranched alkanes of at least 4 members (excludes halogenated alkanes) is 2. The van der Waals surface area contributed by atoms with Crippen molar-refractivity contribution in [2.75, 3.05) is 26.9 Å². The van der Waals surface area contributed by atoms with Crippen LogP contribution in [0.5, 0.6) is 0 Å². The molecule has 15 nitrogen and oxygen atoms in total. The Labute approximate surface area is 323 Å². The number of nitrogens with one attached hydrogen (secondary N) is 4. The lowest BCUT2D eigenvalue weighted by molar-refractivity contribution is -0.151. The van der Waals surface area contributed by atoms with Crippen LogP contribution in [0.2, 0.25) is 18.1 Å². The molecule has 54 heavy (non-hydrogen) atoms. The largest absolute Gasteiger partial charge is 0.467 e. The van der Waals surface area contributed by atoms with Crippen molar-refractivity contribution in [2.24, 2.45) is 0 Å². The van der Waals surface area contributed by atoms with Crippen LogP contribution >= 0.6 is 11.3 Å². The molecule has 2 atom stereocenters. The fraction of sp³-hybridized carbons (Fsp3) is 0.595. The van der Waals surface area contributed by atoms with Crippen LogP contribution in [0.4, 0.5) is 4.79 Å². The number of hydrogen-bond acceptors (Lipinski definition) is 12. The van der Waals surface area contributed by atoms with E-state index in [4.69, 9.17) is 18.6 Å². The second-order valence-electron chi connectivity index (χ2n) is 15.2. The number of hydrogen-bond donors (Lipinski definition) is 4. The van der Waals surface area contributed by atoms with Gasteiger partial charge in [-0.05, 0) is 57.3 Å². The average molecular weight is 792 g/mol. The Kier molecular flexibility index (Phi) is 17.7. The third-order valence-electron chi connectivity index (χ3n) is 8.47. The molecule has 0 aliphatic heterocycles. The quantitative estimate of drug-likeness (QED) is 0.0656. The second kappa shape index (κ2) is 20.9. The minimum Gasteiger partial charge on any atom is -0.467 e. The minimum atomic E-state index is -2.36. The highest BCUT2D eigenvalue weighted by atomic mass is 32.1. The maximum Gasteiger partial charge on any atom is 0.407 e. The summed E-state index contributed by atoms with van der Waals surface area (Å²) in [5, 5.41) is 12.8. The van der Waals surface area contributed by atoms with Gasteiger partial charge in [0, 0.05) is 37.4 Å². The Hall–Kier alpha value is -4.35. The molecule has 0 fully saturated rings. The zero-order valence-corrected chi connectivity index (χ0v) is 35.0. The van der Waals surface area contributed by atoms with Gasteiger partial charge in [-0.25, -0.2) is 14.6 Å². The highest BCUT2D eigenvalue weighted by Crippen LogP contribution is 2.36. The third kappa shape index (κ3) is 16.3. The second-order valence-corrected chi connectivity index (χ2v) is 20.9. The van der Waals surface area contributed by atoms with E-state index in [1.165, 1.54) is 18.3 Å². The summed E-state index contributed by atoms with van der Waals surface area (Å²) in [4.78, 5) is 79.1. The minimum absolute atomic E-state index is 0.0679. The predicted octanol–water partition coefficient (Wildman–Crippen LogP) is 4.85. The van der Waals surface area contributed by atoms with Gasteiger partial charge in [-0.3, -0.25) is 19.2 Å². The van der Waals surface area contributed by atoms with Gasteiger partial charge in [0.15, 0.2) is 14.4 Å². The standard InChI is InChI=1S/C37H57N5O10SSi/c1-24(43)50-21-28(34(47)49-8)41-31(45)27(22-51-54(9,10)37(5,6)7)40-32(46)29-23-53-33(42-29)26-17-15-25(16-18-26)20-39-30(44)14-12-11-13-19-38-35(48)52-36(2,3)4/h15-18,23,27-28H,11-14,19-22H2,1-10H3,(H,38,48)(H,39,44)(H,40,46)(H,41,45)/t27-,28-/m0/s1. The van der Waals surface area contributed by atoms with E-state index < -0.39 is 62.5 Å². The van der Waals surface area contributed by atoms with E-state index in [9.17, 15) is 28.8 Å². The fourth-order valence-corrected chi connectivity index (χ4v) is 6.19. The molecule has 0 radical (unpaired) electrons. The molecular weight excluding hydrogens is 735 g/mol. The topological polar surface area (TPSA) is 200 Å². The van der Waals surface area contributed by atoms with Crippen molar-refractivity contribution in [1.29, 1.82) is 0 Å².